The minimum atomic E-state index is -0.950. The first-order valence-corrected chi connectivity index (χ1v) is 10.5. The second-order valence-electron chi connectivity index (χ2n) is 6.71. The van der Waals surface area contributed by atoms with Gasteiger partial charge in [0.1, 0.15) is 15.9 Å². The molecule has 1 nitrogen and oxygen atoms in total. The molecule has 0 heterocycles. The summed E-state index contributed by atoms with van der Waals surface area (Å²) in [5, 5.41) is 4.37. The number of hydrogen-bond acceptors (Lipinski definition) is 1. The number of benzene rings is 3. The van der Waals surface area contributed by atoms with E-state index in [9.17, 15) is 0 Å². The van der Waals surface area contributed by atoms with Gasteiger partial charge in [0.05, 0.1) is 7.92 Å². The van der Waals surface area contributed by atoms with Crippen molar-refractivity contribution in [1.29, 1.82) is 0 Å². The van der Waals surface area contributed by atoms with Crippen molar-refractivity contribution in [3.05, 3.63) is 90.5 Å². The van der Waals surface area contributed by atoms with Gasteiger partial charge in [-0.2, -0.15) is 0 Å². The Morgan fingerprint density at radius 1 is 0.680 bits per heavy atom. The molecule has 0 spiro atoms. The first kappa shape index (κ1) is 17.9. The predicted molar refractivity (Wildman–Crippen MR) is 113 cm³/mol. The predicted octanol–water partition coefficient (Wildman–Crippen LogP) is 3.67. The van der Waals surface area contributed by atoms with Gasteiger partial charge in [0.25, 0.3) is 0 Å². The van der Waals surface area contributed by atoms with Crippen LogP contribution in [0.25, 0.3) is 0 Å². The van der Waals surface area contributed by atoms with Gasteiger partial charge < -0.3 is 4.90 Å². The van der Waals surface area contributed by atoms with E-state index < -0.39 is 7.92 Å². The lowest BCUT2D eigenvalue weighted by molar-refractivity contribution is 0.400. The molecule has 0 N–H and O–H groups in total. The second-order valence-corrected chi connectivity index (χ2v) is 9.20. The van der Waals surface area contributed by atoms with Crippen molar-refractivity contribution in [3.63, 3.8) is 0 Å². The number of hydrogen-bond donors (Lipinski definition) is 0. The van der Waals surface area contributed by atoms with Crippen molar-refractivity contribution >= 4 is 23.8 Å². The van der Waals surface area contributed by atoms with Crippen LogP contribution in [0.15, 0.2) is 84.9 Å². The monoisotopic (exact) mass is 348 g/mol. The van der Waals surface area contributed by atoms with Crippen LogP contribution in [-0.2, 0) is 6.42 Å². The Hall–Kier alpha value is -1.95. The van der Waals surface area contributed by atoms with Crippen LogP contribution in [0.5, 0.6) is 0 Å². The van der Waals surface area contributed by atoms with E-state index in [1.165, 1.54) is 27.9 Å². The average molecular weight is 348 g/mol. The van der Waals surface area contributed by atoms with Crippen LogP contribution in [-0.4, -0.2) is 25.5 Å². The molecule has 128 valence electrons. The SMILES string of the molecule is CN(C)CCCc1cccc([PH+](c2ccccc2)c2ccccc2)c1. The molecule has 2 heteroatoms. The van der Waals surface area contributed by atoms with E-state index in [-0.39, 0.29) is 0 Å². The molecule has 0 unspecified atom stereocenters. The Kier molecular flexibility index (Phi) is 6.39. The normalized spacial score (nSPS) is 11.2. The summed E-state index contributed by atoms with van der Waals surface area (Å²) in [6, 6.07) is 31.2. The smallest absolute Gasteiger partial charge is 0.102 e. The van der Waals surface area contributed by atoms with Crippen LogP contribution in [0, 0.1) is 0 Å². The van der Waals surface area contributed by atoms with E-state index in [0.717, 1.165) is 13.0 Å². The Bertz CT molecular complexity index is 729. The van der Waals surface area contributed by atoms with Crippen molar-refractivity contribution in [1.82, 2.24) is 4.90 Å². The molecule has 0 bridgehead atoms. The summed E-state index contributed by atoms with van der Waals surface area (Å²) in [5.74, 6) is 0. The third-order valence-electron chi connectivity index (χ3n) is 4.41. The summed E-state index contributed by atoms with van der Waals surface area (Å²) < 4.78 is 0. The standard InChI is InChI=1S/C23H26NP/c1-24(2)18-10-12-20-11-9-17-23(19-20)25(21-13-5-3-6-14-21)22-15-7-4-8-16-22/h3-9,11,13-17,19H,10,12,18H2,1-2H3/p+1. The maximum atomic E-state index is 2.43. The van der Waals surface area contributed by atoms with E-state index in [4.69, 9.17) is 0 Å². The average Bonchev–Trinajstić information content (AvgIpc) is 2.64. The van der Waals surface area contributed by atoms with Crippen LogP contribution in [0.2, 0.25) is 0 Å². The maximum absolute atomic E-state index is 2.43. The third kappa shape index (κ3) is 5.01. The lowest BCUT2D eigenvalue weighted by atomic mass is 10.1. The largest absolute Gasteiger partial charge is 0.309 e. The quantitative estimate of drug-likeness (QED) is 0.589. The molecule has 0 saturated carbocycles. The van der Waals surface area contributed by atoms with Crippen LogP contribution < -0.4 is 15.9 Å². The Balaban J connectivity index is 1.91. The summed E-state index contributed by atoms with van der Waals surface area (Å²) in [5.41, 5.74) is 1.45. The van der Waals surface area contributed by atoms with Crippen molar-refractivity contribution in [2.75, 3.05) is 20.6 Å². The van der Waals surface area contributed by atoms with Crippen LogP contribution in [0.1, 0.15) is 12.0 Å². The number of aryl methyl sites for hydroxylation is 1. The first-order valence-electron chi connectivity index (χ1n) is 8.96. The highest BCUT2D eigenvalue weighted by Gasteiger charge is 2.25. The van der Waals surface area contributed by atoms with E-state index in [2.05, 4.69) is 104 Å². The molecule has 0 radical (unpaired) electrons. The minimum absolute atomic E-state index is 0.950. The van der Waals surface area contributed by atoms with Gasteiger partial charge in [0.15, 0.2) is 0 Å². The molecule has 3 aromatic rings. The highest BCUT2D eigenvalue weighted by atomic mass is 31.1. The Labute approximate surface area is 153 Å². The fourth-order valence-corrected chi connectivity index (χ4v) is 5.84. The molecule has 25 heavy (non-hydrogen) atoms. The van der Waals surface area contributed by atoms with E-state index in [1.807, 2.05) is 0 Å². The van der Waals surface area contributed by atoms with E-state index in [0.29, 0.717) is 0 Å². The molecule has 3 aromatic carbocycles. The molecule has 0 aliphatic heterocycles. The molecule has 0 aliphatic rings. The number of rotatable bonds is 7. The molecule has 0 saturated heterocycles. The minimum Gasteiger partial charge on any atom is -0.309 e. The Morgan fingerprint density at radius 3 is 1.80 bits per heavy atom. The van der Waals surface area contributed by atoms with Gasteiger partial charge >= 0.3 is 0 Å². The van der Waals surface area contributed by atoms with Crippen LogP contribution >= 0.6 is 7.92 Å². The molecule has 0 amide bonds. The third-order valence-corrected chi connectivity index (χ3v) is 7.12. The van der Waals surface area contributed by atoms with Crippen LogP contribution in [0.3, 0.4) is 0 Å². The van der Waals surface area contributed by atoms with Gasteiger partial charge in [-0.25, -0.2) is 0 Å². The van der Waals surface area contributed by atoms with E-state index in [1.54, 1.807) is 0 Å². The lowest BCUT2D eigenvalue weighted by Crippen LogP contribution is -2.21. The van der Waals surface area contributed by atoms with Gasteiger partial charge in [-0.3, -0.25) is 0 Å². The zero-order valence-corrected chi connectivity index (χ0v) is 16.2. The van der Waals surface area contributed by atoms with Crippen molar-refractivity contribution in [2.24, 2.45) is 0 Å². The summed E-state index contributed by atoms with van der Waals surface area (Å²) in [6.07, 6.45) is 2.35. The van der Waals surface area contributed by atoms with Crippen molar-refractivity contribution in [3.8, 4) is 0 Å². The molecule has 0 fully saturated rings. The molecule has 0 aromatic heterocycles. The lowest BCUT2D eigenvalue weighted by Gasteiger charge is -2.13. The zero-order chi connectivity index (χ0) is 17.5. The second kappa shape index (κ2) is 8.94. The highest BCUT2D eigenvalue weighted by Crippen LogP contribution is 2.32. The highest BCUT2D eigenvalue weighted by molar-refractivity contribution is 7.79. The van der Waals surface area contributed by atoms with Gasteiger partial charge in [-0.1, -0.05) is 48.5 Å². The molecule has 3 rings (SSSR count). The van der Waals surface area contributed by atoms with Gasteiger partial charge in [-0.15, -0.1) is 0 Å². The molecule has 0 atom stereocenters. The molecule has 0 aliphatic carbocycles. The summed E-state index contributed by atoms with van der Waals surface area (Å²) in [4.78, 5) is 2.26. The molecular weight excluding hydrogens is 321 g/mol. The Morgan fingerprint density at radius 2 is 1.24 bits per heavy atom. The topological polar surface area (TPSA) is 3.24 Å². The van der Waals surface area contributed by atoms with Crippen molar-refractivity contribution in [2.45, 2.75) is 12.8 Å². The summed E-state index contributed by atoms with van der Waals surface area (Å²) in [7, 11) is 3.33. The summed E-state index contributed by atoms with van der Waals surface area (Å²) in [6.45, 7) is 1.14. The van der Waals surface area contributed by atoms with Crippen LogP contribution in [0.4, 0.5) is 0 Å². The van der Waals surface area contributed by atoms with Gasteiger partial charge in [0, 0.05) is 0 Å². The fourth-order valence-electron chi connectivity index (χ4n) is 3.19. The summed E-state index contributed by atoms with van der Waals surface area (Å²) >= 11 is 0. The first-order chi connectivity index (χ1) is 12.2. The van der Waals surface area contributed by atoms with Crippen molar-refractivity contribution < 1.29 is 0 Å². The van der Waals surface area contributed by atoms with Gasteiger partial charge in [0.2, 0.25) is 0 Å². The fraction of sp³-hybridized carbons (Fsp3) is 0.217. The van der Waals surface area contributed by atoms with E-state index >= 15 is 0 Å². The zero-order valence-electron chi connectivity index (χ0n) is 15.2. The maximum Gasteiger partial charge on any atom is 0.102 e. The molecular formula is C23H27NP+. The van der Waals surface area contributed by atoms with Gasteiger partial charge in [-0.05, 0) is 75.4 Å². The number of nitrogens with zero attached hydrogens (tertiary/aromatic N) is 1.